The van der Waals surface area contributed by atoms with Crippen LogP contribution in [0.2, 0.25) is 0 Å². The molecule has 6 nitrogen and oxygen atoms in total. The van der Waals surface area contributed by atoms with Crippen LogP contribution in [0.5, 0.6) is 0 Å². The van der Waals surface area contributed by atoms with Gasteiger partial charge in [-0.2, -0.15) is 0 Å². The highest BCUT2D eigenvalue weighted by Gasteiger charge is 2.28. The second-order valence-electron chi connectivity index (χ2n) is 5.21. The van der Waals surface area contributed by atoms with Gasteiger partial charge in [0, 0.05) is 24.7 Å². The van der Waals surface area contributed by atoms with E-state index in [1.54, 1.807) is 12.1 Å². The molecule has 1 aromatic rings. The van der Waals surface area contributed by atoms with Crippen molar-refractivity contribution in [2.75, 3.05) is 0 Å². The number of nitrogens with zero attached hydrogens (tertiary/aromatic N) is 1. The molecule has 1 aromatic carbocycles. The maximum absolute atomic E-state index is 11.4. The number of carbonyl (C=O) groups is 1. The van der Waals surface area contributed by atoms with Crippen molar-refractivity contribution in [2.45, 2.75) is 38.3 Å². The molecule has 0 spiro atoms. The SMILES string of the molecule is NC(=O)[C@H]1CCCC[C@@H]1NCc1cccc([N+](=O)[O-])c1. The molecule has 2 rings (SSSR count). The number of nitrogens with two attached hydrogens (primary N) is 1. The Morgan fingerprint density at radius 1 is 1.40 bits per heavy atom. The largest absolute Gasteiger partial charge is 0.369 e. The molecule has 1 amide bonds. The number of amides is 1. The maximum Gasteiger partial charge on any atom is 0.269 e. The first kappa shape index (κ1) is 14.5. The smallest absolute Gasteiger partial charge is 0.269 e. The second-order valence-corrected chi connectivity index (χ2v) is 5.21. The van der Waals surface area contributed by atoms with Crippen LogP contribution in [-0.2, 0) is 11.3 Å². The lowest BCUT2D eigenvalue weighted by atomic mass is 9.84. The van der Waals surface area contributed by atoms with E-state index in [1.807, 2.05) is 6.07 Å². The molecule has 1 saturated carbocycles. The molecule has 1 aliphatic carbocycles. The van der Waals surface area contributed by atoms with Crippen molar-refractivity contribution >= 4 is 11.6 Å². The second kappa shape index (κ2) is 6.47. The summed E-state index contributed by atoms with van der Waals surface area (Å²) in [5, 5.41) is 14.0. The summed E-state index contributed by atoms with van der Waals surface area (Å²) in [5.74, 6) is -0.399. The van der Waals surface area contributed by atoms with Gasteiger partial charge in [-0.15, -0.1) is 0 Å². The summed E-state index contributed by atoms with van der Waals surface area (Å²) in [6.07, 6.45) is 3.85. The number of primary amides is 1. The Balaban J connectivity index is 1.98. The molecule has 0 unspecified atom stereocenters. The van der Waals surface area contributed by atoms with Crippen LogP contribution in [0.3, 0.4) is 0 Å². The lowest BCUT2D eigenvalue weighted by Gasteiger charge is -2.30. The summed E-state index contributed by atoms with van der Waals surface area (Å²) in [6.45, 7) is 0.510. The molecular weight excluding hydrogens is 258 g/mol. The van der Waals surface area contributed by atoms with Gasteiger partial charge < -0.3 is 11.1 Å². The number of nitro groups is 1. The summed E-state index contributed by atoms with van der Waals surface area (Å²) in [5.41, 5.74) is 6.35. The van der Waals surface area contributed by atoms with E-state index >= 15 is 0 Å². The molecule has 0 aliphatic heterocycles. The standard InChI is InChI=1S/C14H19N3O3/c15-14(18)12-6-1-2-7-13(12)16-9-10-4-3-5-11(8-10)17(19)20/h3-5,8,12-13,16H,1-2,6-7,9H2,(H2,15,18)/t12-,13-/m0/s1. The molecule has 1 aliphatic rings. The number of rotatable bonds is 5. The maximum atomic E-state index is 11.4. The number of nitrogens with one attached hydrogen (secondary N) is 1. The predicted molar refractivity (Wildman–Crippen MR) is 74.9 cm³/mol. The lowest BCUT2D eigenvalue weighted by molar-refractivity contribution is -0.384. The van der Waals surface area contributed by atoms with Crippen LogP contribution in [0.15, 0.2) is 24.3 Å². The molecule has 0 heterocycles. The van der Waals surface area contributed by atoms with E-state index in [0.717, 1.165) is 31.2 Å². The molecular formula is C14H19N3O3. The van der Waals surface area contributed by atoms with Gasteiger partial charge in [0.2, 0.25) is 5.91 Å². The van der Waals surface area contributed by atoms with Gasteiger partial charge in [0.05, 0.1) is 10.8 Å². The van der Waals surface area contributed by atoms with Crippen LogP contribution in [-0.4, -0.2) is 16.9 Å². The van der Waals surface area contributed by atoms with Crippen LogP contribution >= 0.6 is 0 Å². The number of hydrogen-bond acceptors (Lipinski definition) is 4. The Morgan fingerprint density at radius 3 is 2.85 bits per heavy atom. The number of benzene rings is 1. The number of non-ortho nitro benzene ring substituents is 1. The summed E-state index contributed by atoms with van der Waals surface area (Å²) < 4.78 is 0. The van der Waals surface area contributed by atoms with Gasteiger partial charge in [0.25, 0.3) is 5.69 Å². The van der Waals surface area contributed by atoms with E-state index in [-0.39, 0.29) is 23.6 Å². The van der Waals surface area contributed by atoms with E-state index < -0.39 is 4.92 Å². The minimum atomic E-state index is -0.406. The monoisotopic (exact) mass is 277 g/mol. The van der Waals surface area contributed by atoms with Crippen molar-refractivity contribution in [1.82, 2.24) is 5.32 Å². The molecule has 0 radical (unpaired) electrons. The fraction of sp³-hybridized carbons (Fsp3) is 0.500. The third-order valence-electron chi connectivity index (χ3n) is 3.82. The molecule has 2 atom stereocenters. The predicted octanol–water partition coefficient (Wildman–Crippen LogP) is 1.73. The van der Waals surface area contributed by atoms with Gasteiger partial charge in [-0.1, -0.05) is 25.0 Å². The van der Waals surface area contributed by atoms with Crippen molar-refractivity contribution in [3.63, 3.8) is 0 Å². The zero-order valence-electron chi connectivity index (χ0n) is 11.2. The highest BCUT2D eigenvalue weighted by molar-refractivity contribution is 5.77. The first-order chi connectivity index (χ1) is 9.58. The van der Waals surface area contributed by atoms with Gasteiger partial charge in [-0.3, -0.25) is 14.9 Å². The molecule has 0 saturated heterocycles. The zero-order chi connectivity index (χ0) is 14.5. The summed E-state index contributed by atoms with van der Waals surface area (Å²) in [6, 6.07) is 6.59. The van der Waals surface area contributed by atoms with Crippen molar-refractivity contribution in [2.24, 2.45) is 11.7 Å². The molecule has 6 heteroatoms. The fourth-order valence-electron chi connectivity index (χ4n) is 2.74. The van der Waals surface area contributed by atoms with E-state index in [0.29, 0.717) is 6.54 Å². The summed E-state index contributed by atoms with van der Waals surface area (Å²) >= 11 is 0. The molecule has 20 heavy (non-hydrogen) atoms. The van der Waals surface area contributed by atoms with Crippen LogP contribution in [0.4, 0.5) is 5.69 Å². The number of nitro benzene ring substituents is 1. The van der Waals surface area contributed by atoms with Gasteiger partial charge in [0.1, 0.15) is 0 Å². The topological polar surface area (TPSA) is 98.3 Å². The average molecular weight is 277 g/mol. The lowest BCUT2D eigenvalue weighted by Crippen LogP contribution is -2.44. The van der Waals surface area contributed by atoms with Crippen molar-refractivity contribution < 1.29 is 9.72 Å². The average Bonchev–Trinajstić information content (AvgIpc) is 2.45. The zero-order valence-corrected chi connectivity index (χ0v) is 11.2. The van der Waals surface area contributed by atoms with Gasteiger partial charge >= 0.3 is 0 Å². The van der Waals surface area contributed by atoms with Crippen molar-refractivity contribution in [1.29, 1.82) is 0 Å². The highest BCUT2D eigenvalue weighted by atomic mass is 16.6. The van der Waals surface area contributed by atoms with E-state index in [4.69, 9.17) is 5.73 Å². The third-order valence-corrected chi connectivity index (χ3v) is 3.82. The van der Waals surface area contributed by atoms with Gasteiger partial charge in [-0.05, 0) is 18.4 Å². The molecule has 1 fully saturated rings. The van der Waals surface area contributed by atoms with E-state index in [9.17, 15) is 14.9 Å². The van der Waals surface area contributed by atoms with Gasteiger partial charge in [0.15, 0.2) is 0 Å². The van der Waals surface area contributed by atoms with Gasteiger partial charge in [-0.25, -0.2) is 0 Å². The van der Waals surface area contributed by atoms with Crippen LogP contribution < -0.4 is 11.1 Å². The Morgan fingerprint density at radius 2 is 2.15 bits per heavy atom. The fourth-order valence-corrected chi connectivity index (χ4v) is 2.74. The van der Waals surface area contributed by atoms with Crippen molar-refractivity contribution in [3.05, 3.63) is 39.9 Å². The first-order valence-electron chi connectivity index (χ1n) is 6.84. The Hall–Kier alpha value is -1.95. The Bertz CT molecular complexity index is 504. The summed E-state index contributed by atoms with van der Waals surface area (Å²) in [4.78, 5) is 21.7. The van der Waals surface area contributed by atoms with E-state index in [1.165, 1.54) is 6.07 Å². The van der Waals surface area contributed by atoms with Crippen LogP contribution in [0, 0.1) is 16.0 Å². The Kier molecular flexibility index (Phi) is 4.68. The molecule has 3 N–H and O–H groups in total. The minimum absolute atomic E-state index is 0.0699. The minimum Gasteiger partial charge on any atom is -0.369 e. The molecule has 0 bridgehead atoms. The quantitative estimate of drug-likeness (QED) is 0.632. The molecule has 108 valence electrons. The third kappa shape index (κ3) is 3.54. The normalized spacial score (nSPS) is 22.4. The number of carbonyl (C=O) groups excluding carboxylic acids is 1. The number of hydrogen-bond donors (Lipinski definition) is 2. The highest BCUT2D eigenvalue weighted by Crippen LogP contribution is 2.24. The molecule has 0 aromatic heterocycles. The summed E-state index contributed by atoms with van der Waals surface area (Å²) in [7, 11) is 0. The van der Waals surface area contributed by atoms with Crippen molar-refractivity contribution in [3.8, 4) is 0 Å². The first-order valence-corrected chi connectivity index (χ1v) is 6.84. The van der Waals surface area contributed by atoms with Crippen LogP contribution in [0.25, 0.3) is 0 Å². The van der Waals surface area contributed by atoms with Crippen LogP contribution in [0.1, 0.15) is 31.2 Å². The van der Waals surface area contributed by atoms with E-state index in [2.05, 4.69) is 5.32 Å². The Labute approximate surface area is 117 Å².